The van der Waals surface area contributed by atoms with E-state index in [0.717, 1.165) is 5.56 Å². The Hall–Kier alpha value is -2.47. The van der Waals surface area contributed by atoms with E-state index in [4.69, 9.17) is 5.73 Å². The first kappa shape index (κ1) is 14.9. The number of nitrogens with zero attached hydrogens (tertiary/aromatic N) is 3. The van der Waals surface area contributed by atoms with Crippen LogP contribution in [0.5, 0.6) is 0 Å². The second-order valence-corrected chi connectivity index (χ2v) is 4.65. The largest absolute Gasteiger partial charge is 0.396 e. The van der Waals surface area contributed by atoms with E-state index in [1.165, 1.54) is 17.3 Å². The topological polar surface area (TPSA) is 92.3 Å². The molecule has 2 aromatic rings. The van der Waals surface area contributed by atoms with Crippen molar-refractivity contribution in [2.75, 3.05) is 19.4 Å². The molecular formula is C15H18N4O2. The van der Waals surface area contributed by atoms with Crippen LogP contribution in [0, 0.1) is 0 Å². The number of aliphatic hydroxyl groups excluding tert-OH is 1. The monoisotopic (exact) mass is 286 g/mol. The number of hydrogen-bond acceptors (Lipinski definition) is 5. The molecule has 0 bridgehead atoms. The van der Waals surface area contributed by atoms with Crippen LogP contribution in [-0.4, -0.2) is 39.5 Å². The summed E-state index contributed by atoms with van der Waals surface area (Å²) in [7, 11) is 1.67. The van der Waals surface area contributed by atoms with Crippen LogP contribution in [0.4, 0.5) is 5.82 Å². The number of amides is 1. The second-order valence-electron chi connectivity index (χ2n) is 4.65. The molecule has 6 nitrogen and oxygen atoms in total. The summed E-state index contributed by atoms with van der Waals surface area (Å²) in [6.07, 6.45) is 3.31. The van der Waals surface area contributed by atoms with Crippen molar-refractivity contribution in [3.05, 3.63) is 54.0 Å². The van der Waals surface area contributed by atoms with Crippen LogP contribution in [-0.2, 0) is 0 Å². The van der Waals surface area contributed by atoms with Crippen LogP contribution < -0.4 is 5.73 Å². The Balaban J connectivity index is 2.29. The first-order chi connectivity index (χ1) is 10.1. The van der Waals surface area contributed by atoms with Crippen molar-refractivity contribution in [2.45, 2.75) is 12.5 Å². The van der Waals surface area contributed by atoms with E-state index in [-0.39, 0.29) is 30.1 Å². The number of carbonyl (C=O) groups excluding carboxylic acids is 1. The fourth-order valence-corrected chi connectivity index (χ4v) is 2.20. The highest BCUT2D eigenvalue weighted by Crippen LogP contribution is 2.24. The van der Waals surface area contributed by atoms with Gasteiger partial charge in [-0.15, -0.1) is 0 Å². The van der Waals surface area contributed by atoms with Crippen molar-refractivity contribution in [2.24, 2.45) is 0 Å². The van der Waals surface area contributed by atoms with Crippen molar-refractivity contribution in [3.8, 4) is 0 Å². The van der Waals surface area contributed by atoms with E-state index in [0.29, 0.717) is 6.42 Å². The highest BCUT2D eigenvalue weighted by Gasteiger charge is 2.24. The summed E-state index contributed by atoms with van der Waals surface area (Å²) in [6, 6.07) is 9.30. The van der Waals surface area contributed by atoms with Crippen LogP contribution in [0.2, 0.25) is 0 Å². The SMILES string of the molecule is CN(C(=O)c1nccnc1N)C(CCO)c1ccccc1. The summed E-state index contributed by atoms with van der Waals surface area (Å²) in [5.41, 5.74) is 6.77. The minimum Gasteiger partial charge on any atom is -0.396 e. The zero-order valence-electron chi connectivity index (χ0n) is 11.8. The highest BCUT2D eigenvalue weighted by molar-refractivity contribution is 5.96. The number of benzene rings is 1. The standard InChI is InChI=1S/C15H18N4O2/c1-19(15(21)13-14(16)18-9-8-17-13)12(7-10-20)11-5-3-2-4-6-11/h2-6,8-9,12,20H,7,10H2,1H3,(H2,16,18). The number of aliphatic hydroxyl groups is 1. The molecule has 1 atom stereocenters. The van der Waals surface area contributed by atoms with Gasteiger partial charge in [-0.05, 0) is 12.0 Å². The molecule has 6 heteroatoms. The van der Waals surface area contributed by atoms with Crippen molar-refractivity contribution in [1.82, 2.24) is 14.9 Å². The average Bonchev–Trinajstić information content (AvgIpc) is 2.52. The number of nitrogen functional groups attached to an aromatic ring is 1. The lowest BCUT2D eigenvalue weighted by atomic mass is 10.0. The highest BCUT2D eigenvalue weighted by atomic mass is 16.3. The maximum absolute atomic E-state index is 12.5. The lowest BCUT2D eigenvalue weighted by Crippen LogP contribution is -2.33. The maximum Gasteiger partial charge on any atom is 0.276 e. The zero-order chi connectivity index (χ0) is 15.2. The van der Waals surface area contributed by atoms with E-state index < -0.39 is 0 Å². The minimum absolute atomic E-state index is 0.0207. The minimum atomic E-state index is -0.317. The third-order valence-corrected chi connectivity index (χ3v) is 3.30. The lowest BCUT2D eigenvalue weighted by molar-refractivity contribution is 0.0700. The van der Waals surface area contributed by atoms with Gasteiger partial charge in [0.15, 0.2) is 11.5 Å². The van der Waals surface area contributed by atoms with Gasteiger partial charge in [0.05, 0.1) is 6.04 Å². The molecule has 2 rings (SSSR count). The normalized spacial score (nSPS) is 11.9. The Kier molecular flexibility index (Phi) is 4.84. The van der Waals surface area contributed by atoms with Crippen molar-refractivity contribution in [1.29, 1.82) is 0 Å². The van der Waals surface area contributed by atoms with Gasteiger partial charge < -0.3 is 15.7 Å². The Morgan fingerprint density at radius 3 is 2.57 bits per heavy atom. The van der Waals surface area contributed by atoms with Crippen LogP contribution in [0.15, 0.2) is 42.7 Å². The molecule has 1 amide bonds. The van der Waals surface area contributed by atoms with Gasteiger partial charge in [0.1, 0.15) is 0 Å². The molecular weight excluding hydrogens is 268 g/mol. The molecule has 0 aliphatic rings. The summed E-state index contributed by atoms with van der Waals surface area (Å²) >= 11 is 0. The zero-order valence-corrected chi connectivity index (χ0v) is 11.8. The number of anilines is 1. The third kappa shape index (κ3) is 3.35. The fourth-order valence-electron chi connectivity index (χ4n) is 2.20. The quantitative estimate of drug-likeness (QED) is 0.863. The molecule has 1 heterocycles. The van der Waals surface area contributed by atoms with Gasteiger partial charge in [-0.2, -0.15) is 0 Å². The van der Waals surface area contributed by atoms with Gasteiger partial charge in [0.2, 0.25) is 0 Å². The molecule has 3 N–H and O–H groups in total. The molecule has 1 aromatic heterocycles. The Morgan fingerprint density at radius 1 is 1.29 bits per heavy atom. The van der Waals surface area contributed by atoms with Gasteiger partial charge in [-0.25, -0.2) is 9.97 Å². The summed E-state index contributed by atoms with van der Waals surface area (Å²) in [5, 5.41) is 9.26. The van der Waals surface area contributed by atoms with E-state index in [1.54, 1.807) is 7.05 Å². The average molecular weight is 286 g/mol. The van der Waals surface area contributed by atoms with Crippen molar-refractivity contribution >= 4 is 11.7 Å². The third-order valence-electron chi connectivity index (χ3n) is 3.30. The van der Waals surface area contributed by atoms with E-state index >= 15 is 0 Å². The van der Waals surface area contributed by atoms with Crippen molar-refractivity contribution < 1.29 is 9.90 Å². The van der Waals surface area contributed by atoms with Crippen LogP contribution in [0.25, 0.3) is 0 Å². The smallest absolute Gasteiger partial charge is 0.276 e. The first-order valence-electron chi connectivity index (χ1n) is 6.64. The summed E-state index contributed by atoms with van der Waals surface area (Å²) in [6.45, 7) is -0.0207. The molecule has 0 saturated carbocycles. The number of aromatic nitrogens is 2. The first-order valence-corrected chi connectivity index (χ1v) is 6.64. The van der Waals surface area contributed by atoms with E-state index in [2.05, 4.69) is 9.97 Å². The lowest BCUT2D eigenvalue weighted by Gasteiger charge is -2.28. The molecule has 0 aliphatic carbocycles. The van der Waals surface area contributed by atoms with Gasteiger partial charge in [-0.1, -0.05) is 30.3 Å². The van der Waals surface area contributed by atoms with E-state index in [9.17, 15) is 9.90 Å². The number of nitrogens with two attached hydrogens (primary N) is 1. The Morgan fingerprint density at radius 2 is 1.95 bits per heavy atom. The number of hydrogen-bond donors (Lipinski definition) is 2. The molecule has 1 aromatic carbocycles. The molecule has 110 valence electrons. The number of rotatable bonds is 5. The predicted molar refractivity (Wildman–Crippen MR) is 79.4 cm³/mol. The Bertz CT molecular complexity index is 604. The van der Waals surface area contributed by atoms with Crippen molar-refractivity contribution in [3.63, 3.8) is 0 Å². The Labute approximate surface area is 123 Å². The van der Waals surface area contributed by atoms with Crippen LogP contribution >= 0.6 is 0 Å². The van der Waals surface area contributed by atoms with Gasteiger partial charge in [0.25, 0.3) is 5.91 Å². The molecule has 0 saturated heterocycles. The summed E-state index contributed by atoms with van der Waals surface area (Å²) in [5.74, 6) is -0.215. The van der Waals surface area contributed by atoms with E-state index in [1.807, 2.05) is 30.3 Å². The molecule has 1 unspecified atom stereocenters. The van der Waals surface area contributed by atoms with Gasteiger partial charge >= 0.3 is 0 Å². The van der Waals surface area contributed by atoms with Gasteiger partial charge in [-0.3, -0.25) is 4.79 Å². The molecule has 0 radical (unpaired) electrons. The molecule has 0 spiro atoms. The number of carbonyl (C=O) groups is 1. The van der Waals surface area contributed by atoms with Crippen LogP contribution in [0.3, 0.4) is 0 Å². The maximum atomic E-state index is 12.5. The fraction of sp³-hybridized carbons (Fsp3) is 0.267. The molecule has 0 aliphatic heterocycles. The van der Waals surface area contributed by atoms with Gasteiger partial charge in [0, 0.05) is 26.0 Å². The molecule has 21 heavy (non-hydrogen) atoms. The molecule has 0 fully saturated rings. The predicted octanol–water partition coefficient (Wildman–Crippen LogP) is 1.25. The van der Waals surface area contributed by atoms with Crippen LogP contribution in [0.1, 0.15) is 28.5 Å². The summed E-state index contributed by atoms with van der Waals surface area (Å²) < 4.78 is 0. The summed E-state index contributed by atoms with van der Waals surface area (Å²) in [4.78, 5) is 21.9. The second kappa shape index (κ2) is 6.81.